The van der Waals surface area contributed by atoms with E-state index in [-0.39, 0.29) is 0 Å². The Morgan fingerprint density at radius 3 is 2.88 bits per heavy atom. The molecule has 0 aromatic heterocycles. The summed E-state index contributed by atoms with van der Waals surface area (Å²) in [5, 5.41) is 3.31. The van der Waals surface area contributed by atoms with Crippen molar-refractivity contribution in [2.24, 2.45) is 5.92 Å². The summed E-state index contributed by atoms with van der Waals surface area (Å²) in [6.45, 7) is 6.09. The van der Waals surface area contributed by atoms with Gasteiger partial charge in [0.05, 0.1) is 0 Å². The van der Waals surface area contributed by atoms with Crippen LogP contribution >= 0.6 is 0 Å². The van der Waals surface area contributed by atoms with Crippen LogP contribution < -0.4 is 5.32 Å². The summed E-state index contributed by atoms with van der Waals surface area (Å²) in [4.78, 5) is 0. The van der Waals surface area contributed by atoms with Gasteiger partial charge in [-0.05, 0) is 25.3 Å². The lowest BCUT2D eigenvalue weighted by atomic mass is 10.0. The Labute approximate surface area is 50.8 Å². The third kappa shape index (κ3) is 1.34. The van der Waals surface area contributed by atoms with Gasteiger partial charge < -0.3 is 5.32 Å². The Bertz CT molecular complexity index is 72.5. The SMILES string of the molecule is C=C[C@H]1CCCNC1. The van der Waals surface area contributed by atoms with Crippen molar-refractivity contribution in [1.29, 1.82) is 0 Å². The molecule has 1 heteroatoms. The molecule has 46 valence electrons. The summed E-state index contributed by atoms with van der Waals surface area (Å²) in [6.07, 6.45) is 4.69. The summed E-state index contributed by atoms with van der Waals surface area (Å²) in [5.74, 6) is 0.740. The van der Waals surface area contributed by atoms with E-state index in [0.717, 1.165) is 12.5 Å². The average molecular weight is 111 g/mol. The van der Waals surface area contributed by atoms with Crippen LogP contribution in [0.2, 0.25) is 0 Å². The minimum Gasteiger partial charge on any atom is -0.316 e. The Morgan fingerprint density at radius 1 is 1.62 bits per heavy atom. The van der Waals surface area contributed by atoms with Crippen molar-refractivity contribution in [3.63, 3.8) is 0 Å². The molecule has 1 N–H and O–H groups in total. The molecular formula is C7H13N. The Morgan fingerprint density at radius 2 is 2.50 bits per heavy atom. The van der Waals surface area contributed by atoms with E-state index in [1.807, 2.05) is 6.08 Å². The second kappa shape index (κ2) is 2.88. The van der Waals surface area contributed by atoms with Gasteiger partial charge in [-0.25, -0.2) is 0 Å². The largest absolute Gasteiger partial charge is 0.316 e. The number of nitrogens with one attached hydrogen (secondary N) is 1. The van der Waals surface area contributed by atoms with Gasteiger partial charge in [-0.3, -0.25) is 0 Å². The van der Waals surface area contributed by atoms with Crippen molar-refractivity contribution in [2.45, 2.75) is 12.8 Å². The molecule has 0 spiro atoms. The molecule has 1 nitrogen and oxygen atoms in total. The van der Waals surface area contributed by atoms with Crippen LogP contribution in [0, 0.1) is 5.92 Å². The first kappa shape index (κ1) is 5.83. The standard InChI is InChI=1S/C7H13N/c1-2-7-4-3-5-8-6-7/h2,7-8H,1,3-6H2/t7-/m0/s1. The van der Waals surface area contributed by atoms with Gasteiger partial charge in [0.2, 0.25) is 0 Å². The van der Waals surface area contributed by atoms with Crippen LogP contribution in [0.1, 0.15) is 12.8 Å². The number of rotatable bonds is 1. The van der Waals surface area contributed by atoms with Crippen LogP contribution in [0.5, 0.6) is 0 Å². The summed E-state index contributed by atoms with van der Waals surface area (Å²) in [6, 6.07) is 0. The minimum absolute atomic E-state index is 0.740. The first-order valence-electron chi connectivity index (χ1n) is 3.27. The third-order valence-electron chi connectivity index (χ3n) is 1.67. The Kier molecular flexibility index (Phi) is 2.10. The van der Waals surface area contributed by atoms with Crippen molar-refractivity contribution in [3.05, 3.63) is 12.7 Å². The van der Waals surface area contributed by atoms with E-state index in [9.17, 15) is 0 Å². The van der Waals surface area contributed by atoms with Crippen molar-refractivity contribution in [1.82, 2.24) is 5.32 Å². The second-order valence-corrected chi connectivity index (χ2v) is 2.34. The van der Waals surface area contributed by atoms with Gasteiger partial charge in [0.25, 0.3) is 0 Å². The van der Waals surface area contributed by atoms with E-state index < -0.39 is 0 Å². The molecule has 1 fully saturated rings. The zero-order valence-electron chi connectivity index (χ0n) is 5.19. The predicted molar refractivity (Wildman–Crippen MR) is 35.8 cm³/mol. The lowest BCUT2D eigenvalue weighted by molar-refractivity contribution is 0.439. The molecule has 0 saturated carbocycles. The van der Waals surface area contributed by atoms with Gasteiger partial charge in [-0.2, -0.15) is 0 Å². The first-order chi connectivity index (χ1) is 3.93. The molecule has 0 aromatic carbocycles. The fourth-order valence-corrected chi connectivity index (χ4v) is 1.08. The summed E-state index contributed by atoms with van der Waals surface area (Å²) < 4.78 is 0. The lowest BCUT2D eigenvalue weighted by Crippen LogP contribution is -2.28. The van der Waals surface area contributed by atoms with E-state index in [4.69, 9.17) is 0 Å². The van der Waals surface area contributed by atoms with Crippen LogP contribution in [0.25, 0.3) is 0 Å². The number of hydrogen-bond acceptors (Lipinski definition) is 1. The van der Waals surface area contributed by atoms with Crippen LogP contribution in [0.3, 0.4) is 0 Å². The molecule has 1 heterocycles. The maximum atomic E-state index is 3.74. The van der Waals surface area contributed by atoms with Gasteiger partial charge in [-0.15, -0.1) is 6.58 Å². The summed E-state index contributed by atoms with van der Waals surface area (Å²) >= 11 is 0. The quantitative estimate of drug-likeness (QED) is 0.501. The molecule has 0 unspecified atom stereocenters. The van der Waals surface area contributed by atoms with Crippen LogP contribution in [-0.2, 0) is 0 Å². The van der Waals surface area contributed by atoms with E-state index in [2.05, 4.69) is 11.9 Å². The van der Waals surface area contributed by atoms with E-state index in [1.54, 1.807) is 0 Å². The highest BCUT2D eigenvalue weighted by atomic mass is 14.9. The van der Waals surface area contributed by atoms with Gasteiger partial charge >= 0.3 is 0 Å². The van der Waals surface area contributed by atoms with E-state index in [1.165, 1.54) is 19.4 Å². The fraction of sp³-hybridized carbons (Fsp3) is 0.714. The highest BCUT2D eigenvalue weighted by molar-refractivity contribution is 4.83. The highest BCUT2D eigenvalue weighted by Crippen LogP contribution is 2.09. The topological polar surface area (TPSA) is 12.0 Å². The molecule has 0 aromatic rings. The number of piperidine rings is 1. The average Bonchev–Trinajstić information content (AvgIpc) is 1.90. The van der Waals surface area contributed by atoms with Crippen molar-refractivity contribution in [2.75, 3.05) is 13.1 Å². The van der Waals surface area contributed by atoms with Gasteiger partial charge in [0, 0.05) is 6.54 Å². The molecule has 1 saturated heterocycles. The molecule has 8 heavy (non-hydrogen) atoms. The monoisotopic (exact) mass is 111 g/mol. The second-order valence-electron chi connectivity index (χ2n) is 2.34. The Hall–Kier alpha value is -0.300. The van der Waals surface area contributed by atoms with Crippen molar-refractivity contribution in [3.8, 4) is 0 Å². The van der Waals surface area contributed by atoms with Crippen molar-refractivity contribution < 1.29 is 0 Å². The van der Waals surface area contributed by atoms with Crippen LogP contribution in [0.15, 0.2) is 12.7 Å². The normalized spacial score (nSPS) is 29.8. The molecule has 1 rings (SSSR count). The first-order valence-corrected chi connectivity index (χ1v) is 3.27. The van der Waals surface area contributed by atoms with Crippen LogP contribution in [-0.4, -0.2) is 13.1 Å². The maximum Gasteiger partial charge on any atom is 0.00141 e. The van der Waals surface area contributed by atoms with Gasteiger partial charge in [0.1, 0.15) is 0 Å². The Balaban J connectivity index is 2.22. The highest BCUT2D eigenvalue weighted by Gasteiger charge is 2.06. The predicted octanol–water partition coefficient (Wildman–Crippen LogP) is 1.17. The molecule has 1 aliphatic rings. The zero-order valence-corrected chi connectivity index (χ0v) is 5.19. The minimum atomic E-state index is 0.740. The molecular weight excluding hydrogens is 98.1 g/mol. The summed E-state index contributed by atoms with van der Waals surface area (Å²) in [7, 11) is 0. The van der Waals surface area contributed by atoms with Gasteiger partial charge in [0.15, 0.2) is 0 Å². The summed E-state index contributed by atoms with van der Waals surface area (Å²) in [5.41, 5.74) is 0. The number of hydrogen-bond donors (Lipinski definition) is 1. The van der Waals surface area contributed by atoms with Gasteiger partial charge in [-0.1, -0.05) is 6.08 Å². The van der Waals surface area contributed by atoms with Crippen LogP contribution in [0.4, 0.5) is 0 Å². The lowest BCUT2D eigenvalue weighted by Gasteiger charge is -2.18. The molecule has 0 aliphatic carbocycles. The molecule has 0 bridgehead atoms. The third-order valence-corrected chi connectivity index (χ3v) is 1.67. The maximum absolute atomic E-state index is 3.74. The zero-order chi connectivity index (χ0) is 5.82. The van der Waals surface area contributed by atoms with Crippen molar-refractivity contribution >= 4 is 0 Å². The van der Waals surface area contributed by atoms with E-state index in [0.29, 0.717) is 0 Å². The van der Waals surface area contributed by atoms with E-state index >= 15 is 0 Å². The smallest absolute Gasteiger partial charge is 0.00141 e. The molecule has 1 aliphatic heterocycles. The molecule has 1 atom stereocenters. The fourth-order valence-electron chi connectivity index (χ4n) is 1.08. The molecule has 0 amide bonds. The molecule has 0 radical (unpaired) electrons.